The zero-order chi connectivity index (χ0) is 13.5. The van der Waals surface area contributed by atoms with Crippen LogP contribution in [0.25, 0.3) is 0 Å². The van der Waals surface area contributed by atoms with Crippen LogP contribution in [-0.4, -0.2) is 27.2 Å². The van der Waals surface area contributed by atoms with E-state index < -0.39 is 23.2 Å². The molecule has 0 bridgehead atoms. The van der Waals surface area contributed by atoms with Crippen molar-refractivity contribution in [1.29, 1.82) is 0 Å². The van der Waals surface area contributed by atoms with E-state index in [0.29, 0.717) is 5.13 Å². The second-order valence-corrected chi connectivity index (χ2v) is 6.02. The molecule has 1 saturated carbocycles. The Morgan fingerprint density at radius 3 is 2.50 bits per heavy atom. The van der Waals surface area contributed by atoms with Gasteiger partial charge in [-0.15, -0.1) is 10.2 Å². The third-order valence-corrected chi connectivity index (χ3v) is 4.36. The average molecular weight is 269 g/mol. The Morgan fingerprint density at radius 2 is 2.06 bits per heavy atom. The Hall–Kier alpha value is -1.50. The van der Waals surface area contributed by atoms with E-state index in [1.807, 2.05) is 6.92 Å². The molecule has 1 aromatic rings. The first-order chi connectivity index (χ1) is 8.37. The lowest BCUT2D eigenvalue weighted by Crippen LogP contribution is -2.17. The first kappa shape index (κ1) is 12.9. The number of nitrogens with one attached hydrogen (secondary N) is 1. The molecule has 1 aliphatic carbocycles. The van der Waals surface area contributed by atoms with Crippen LogP contribution in [0.3, 0.4) is 0 Å². The van der Waals surface area contributed by atoms with E-state index in [0.717, 1.165) is 11.4 Å². The molecule has 1 fully saturated rings. The summed E-state index contributed by atoms with van der Waals surface area (Å²) in [7, 11) is 0. The van der Waals surface area contributed by atoms with Crippen molar-refractivity contribution in [3.05, 3.63) is 5.01 Å². The zero-order valence-electron chi connectivity index (χ0n) is 10.4. The van der Waals surface area contributed by atoms with Crippen molar-refractivity contribution in [2.24, 2.45) is 17.3 Å². The Kier molecular flexibility index (Phi) is 3.10. The molecule has 0 spiro atoms. The molecule has 1 aliphatic rings. The molecular weight excluding hydrogens is 254 g/mol. The van der Waals surface area contributed by atoms with Gasteiger partial charge in [0.15, 0.2) is 0 Å². The van der Waals surface area contributed by atoms with Gasteiger partial charge in [0.2, 0.25) is 11.0 Å². The van der Waals surface area contributed by atoms with Crippen molar-refractivity contribution in [2.75, 3.05) is 5.32 Å². The molecule has 2 rings (SSSR count). The van der Waals surface area contributed by atoms with Crippen LogP contribution < -0.4 is 5.32 Å². The maximum Gasteiger partial charge on any atom is 0.307 e. The summed E-state index contributed by atoms with van der Waals surface area (Å²) >= 11 is 1.31. The summed E-state index contributed by atoms with van der Waals surface area (Å²) in [4.78, 5) is 23.0. The molecule has 6 nitrogen and oxygen atoms in total. The molecule has 0 radical (unpaired) electrons. The van der Waals surface area contributed by atoms with Crippen molar-refractivity contribution in [3.63, 3.8) is 0 Å². The lowest BCUT2D eigenvalue weighted by atomic mass is 10.1. The van der Waals surface area contributed by atoms with Gasteiger partial charge in [-0.25, -0.2) is 0 Å². The number of aryl methyl sites for hydroxylation is 1. The van der Waals surface area contributed by atoms with Gasteiger partial charge in [-0.3, -0.25) is 9.59 Å². The summed E-state index contributed by atoms with van der Waals surface area (Å²) < 4.78 is 0. The van der Waals surface area contributed by atoms with Gasteiger partial charge in [0.25, 0.3) is 0 Å². The SMILES string of the molecule is CCc1nnc(NC(=O)C2C(C(=O)O)C2(C)C)s1. The fraction of sp³-hybridized carbons (Fsp3) is 0.636. The van der Waals surface area contributed by atoms with Gasteiger partial charge >= 0.3 is 5.97 Å². The third kappa shape index (κ3) is 2.10. The van der Waals surface area contributed by atoms with Crippen molar-refractivity contribution in [2.45, 2.75) is 27.2 Å². The Bertz CT molecular complexity index is 497. The molecule has 18 heavy (non-hydrogen) atoms. The van der Waals surface area contributed by atoms with Gasteiger partial charge < -0.3 is 10.4 Å². The number of nitrogens with zero attached hydrogens (tertiary/aromatic N) is 2. The minimum Gasteiger partial charge on any atom is -0.481 e. The second kappa shape index (κ2) is 4.31. The molecule has 2 atom stereocenters. The van der Waals surface area contributed by atoms with Crippen LogP contribution in [0.5, 0.6) is 0 Å². The molecule has 1 heterocycles. The van der Waals surface area contributed by atoms with Crippen LogP contribution in [-0.2, 0) is 16.0 Å². The fourth-order valence-corrected chi connectivity index (χ4v) is 2.90. The smallest absolute Gasteiger partial charge is 0.307 e. The number of aromatic nitrogens is 2. The van der Waals surface area contributed by atoms with Gasteiger partial charge in [0.05, 0.1) is 11.8 Å². The predicted molar refractivity (Wildman–Crippen MR) is 66.3 cm³/mol. The Labute approximate surface area is 108 Å². The highest BCUT2D eigenvalue weighted by Gasteiger charge is 2.66. The standard InChI is InChI=1S/C11H15N3O3S/c1-4-5-13-14-10(18-5)12-8(15)6-7(9(16)17)11(6,2)3/h6-7H,4H2,1-3H3,(H,16,17)(H,12,14,15). The number of amides is 1. The summed E-state index contributed by atoms with van der Waals surface area (Å²) in [6.07, 6.45) is 0.764. The molecule has 1 amide bonds. The van der Waals surface area contributed by atoms with Crippen LogP contribution in [0.4, 0.5) is 5.13 Å². The van der Waals surface area contributed by atoms with Crippen LogP contribution in [0, 0.1) is 17.3 Å². The van der Waals surface area contributed by atoms with E-state index in [1.54, 1.807) is 13.8 Å². The minimum absolute atomic E-state index is 0.286. The number of carboxylic acid groups (broad SMARTS) is 1. The van der Waals surface area contributed by atoms with Gasteiger partial charge in [0.1, 0.15) is 5.01 Å². The van der Waals surface area contributed by atoms with E-state index >= 15 is 0 Å². The Balaban J connectivity index is 2.03. The van der Waals surface area contributed by atoms with E-state index in [1.165, 1.54) is 11.3 Å². The number of carbonyl (C=O) groups excluding carboxylic acids is 1. The molecular formula is C11H15N3O3S. The maximum absolute atomic E-state index is 12.0. The summed E-state index contributed by atoms with van der Waals surface area (Å²) in [6, 6.07) is 0. The highest BCUT2D eigenvalue weighted by Crippen LogP contribution is 2.58. The van der Waals surface area contributed by atoms with Gasteiger partial charge in [-0.2, -0.15) is 0 Å². The summed E-state index contributed by atoms with van der Waals surface area (Å²) in [5.74, 6) is -2.32. The van der Waals surface area contributed by atoms with Crippen LogP contribution in [0.1, 0.15) is 25.8 Å². The van der Waals surface area contributed by atoms with E-state index in [4.69, 9.17) is 5.11 Å². The third-order valence-electron chi connectivity index (χ3n) is 3.38. The number of aliphatic carboxylic acids is 1. The van der Waals surface area contributed by atoms with Crippen LogP contribution in [0.15, 0.2) is 0 Å². The zero-order valence-corrected chi connectivity index (χ0v) is 11.2. The summed E-state index contributed by atoms with van der Waals surface area (Å²) in [5, 5.41) is 20.7. The highest BCUT2D eigenvalue weighted by atomic mass is 32.1. The topological polar surface area (TPSA) is 92.2 Å². The summed E-state index contributed by atoms with van der Waals surface area (Å²) in [5.41, 5.74) is -0.492. The number of rotatable bonds is 4. The quantitative estimate of drug-likeness (QED) is 0.861. The van der Waals surface area contributed by atoms with Crippen molar-refractivity contribution < 1.29 is 14.7 Å². The van der Waals surface area contributed by atoms with Gasteiger partial charge in [-0.05, 0) is 11.8 Å². The van der Waals surface area contributed by atoms with Crippen molar-refractivity contribution >= 4 is 28.3 Å². The van der Waals surface area contributed by atoms with Gasteiger partial charge in [-0.1, -0.05) is 32.1 Å². The largest absolute Gasteiger partial charge is 0.481 e. The highest BCUT2D eigenvalue weighted by molar-refractivity contribution is 7.15. The molecule has 98 valence electrons. The molecule has 0 saturated heterocycles. The lowest BCUT2D eigenvalue weighted by molar-refractivity contribution is -0.140. The molecule has 2 N–H and O–H groups in total. The summed E-state index contributed by atoms with van der Waals surface area (Å²) in [6.45, 7) is 5.53. The first-order valence-electron chi connectivity index (χ1n) is 5.74. The molecule has 0 aromatic carbocycles. The number of anilines is 1. The molecule has 1 aromatic heterocycles. The number of hydrogen-bond donors (Lipinski definition) is 2. The molecule has 7 heteroatoms. The predicted octanol–water partition coefficient (Wildman–Crippen LogP) is 1.40. The lowest BCUT2D eigenvalue weighted by Gasteiger charge is -2.01. The Morgan fingerprint density at radius 1 is 1.39 bits per heavy atom. The number of carboxylic acids is 1. The minimum atomic E-state index is -0.924. The van der Waals surface area contributed by atoms with Crippen molar-refractivity contribution in [1.82, 2.24) is 10.2 Å². The average Bonchev–Trinajstić information content (AvgIpc) is 2.67. The van der Waals surface area contributed by atoms with E-state index in [2.05, 4.69) is 15.5 Å². The second-order valence-electron chi connectivity index (χ2n) is 4.96. The fourth-order valence-electron chi connectivity index (χ4n) is 2.22. The maximum atomic E-state index is 12.0. The van der Waals surface area contributed by atoms with Crippen LogP contribution in [0.2, 0.25) is 0 Å². The monoisotopic (exact) mass is 269 g/mol. The van der Waals surface area contributed by atoms with Crippen molar-refractivity contribution in [3.8, 4) is 0 Å². The molecule has 0 aliphatic heterocycles. The first-order valence-corrected chi connectivity index (χ1v) is 6.55. The number of hydrogen-bond acceptors (Lipinski definition) is 5. The van der Waals surface area contributed by atoms with Crippen LogP contribution >= 0.6 is 11.3 Å². The normalized spacial score (nSPS) is 24.6. The van der Waals surface area contributed by atoms with Gasteiger partial charge in [0, 0.05) is 0 Å². The van der Waals surface area contributed by atoms with E-state index in [9.17, 15) is 9.59 Å². The van der Waals surface area contributed by atoms with E-state index in [-0.39, 0.29) is 5.91 Å². The number of carbonyl (C=O) groups is 2. The molecule has 2 unspecified atom stereocenters.